The monoisotopic (exact) mass is 317 g/mol. The van der Waals surface area contributed by atoms with Crippen molar-refractivity contribution in [3.63, 3.8) is 0 Å². The molecule has 1 fully saturated rings. The molecule has 2 N–H and O–H groups in total. The lowest BCUT2D eigenvalue weighted by Crippen LogP contribution is -2.36. The van der Waals surface area contributed by atoms with Gasteiger partial charge in [0.1, 0.15) is 0 Å². The van der Waals surface area contributed by atoms with Gasteiger partial charge in [-0.25, -0.2) is 0 Å². The first-order valence-electron chi connectivity index (χ1n) is 5.46. The number of hydrogen-bond donors (Lipinski definition) is 2. The van der Waals surface area contributed by atoms with Crippen LogP contribution in [-0.2, 0) is 0 Å². The van der Waals surface area contributed by atoms with E-state index in [4.69, 9.17) is 0 Å². The molecule has 2 rings (SSSR count). The van der Waals surface area contributed by atoms with Crippen molar-refractivity contribution in [1.82, 2.24) is 0 Å². The van der Waals surface area contributed by atoms with Gasteiger partial charge in [0.15, 0.2) is 0 Å². The molecule has 15 heavy (non-hydrogen) atoms. The second-order valence-electron chi connectivity index (χ2n) is 4.11. The molecule has 0 saturated heterocycles. The Morgan fingerprint density at radius 1 is 1.27 bits per heavy atom. The molecule has 1 aliphatic carbocycles. The molecule has 1 aromatic rings. The third kappa shape index (κ3) is 3.08. The van der Waals surface area contributed by atoms with Gasteiger partial charge in [-0.05, 0) is 53.6 Å². The number of benzene rings is 1. The highest BCUT2D eigenvalue weighted by atomic mass is 127. The Morgan fingerprint density at radius 2 is 2.07 bits per heavy atom. The van der Waals surface area contributed by atoms with E-state index in [1.54, 1.807) is 0 Å². The molecule has 0 unspecified atom stereocenters. The van der Waals surface area contributed by atoms with Crippen LogP contribution in [0.4, 0.5) is 5.69 Å². The van der Waals surface area contributed by atoms with Crippen LogP contribution in [0.3, 0.4) is 0 Å². The topological polar surface area (TPSA) is 32.3 Å². The average molecular weight is 317 g/mol. The van der Waals surface area contributed by atoms with Crippen LogP contribution in [0.5, 0.6) is 0 Å². The summed E-state index contributed by atoms with van der Waals surface area (Å²) in [5.41, 5.74) is 1.12. The van der Waals surface area contributed by atoms with E-state index in [1.165, 1.54) is 9.99 Å². The highest BCUT2D eigenvalue weighted by Gasteiger charge is 2.22. The molecule has 0 bridgehead atoms. The van der Waals surface area contributed by atoms with E-state index in [1.807, 2.05) is 6.07 Å². The maximum Gasteiger partial charge on any atom is 0.0741 e. The smallest absolute Gasteiger partial charge is 0.0741 e. The summed E-state index contributed by atoms with van der Waals surface area (Å²) in [5.74, 6) is 0. The van der Waals surface area contributed by atoms with Gasteiger partial charge >= 0.3 is 0 Å². The molecule has 2 nitrogen and oxygen atoms in total. The van der Waals surface area contributed by atoms with Crippen molar-refractivity contribution in [2.75, 3.05) is 5.32 Å². The van der Waals surface area contributed by atoms with E-state index in [0.717, 1.165) is 24.9 Å². The lowest BCUT2D eigenvalue weighted by molar-refractivity contribution is 0.116. The number of nitrogens with one attached hydrogen (secondary N) is 1. The van der Waals surface area contributed by atoms with E-state index in [-0.39, 0.29) is 12.1 Å². The van der Waals surface area contributed by atoms with Crippen molar-refractivity contribution in [2.24, 2.45) is 0 Å². The van der Waals surface area contributed by atoms with Gasteiger partial charge in [0.25, 0.3) is 0 Å². The van der Waals surface area contributed by atoms with Gasteiger partial charge in [-0.3, -0.25) is 0 Å². The van der Waals surface area contributed by atoms with E-state index in [0.29, 0.717) is 0 Å². The molecule has 1 aromatic carbocycles. The molecular formula is C12H16INO. The summed E-state index contributed by atoms with van der Waals surface area (Å²) < 4.78 is 1.22. The van der Waals surface area contributed by atoms with Gasteiger partial charge in [0, 0.05) is 9.26 Å². The molecule has 82 valence electrons. The molecule has 2 atom stereocenters. The normalized spacial score (nSPS) is 26.3. The van der Waals surface area contributed by atoms with E-state index in [9.17, 15) is 5.11 Å². The number of aliphatic hydroxyl groups excluding tert-OH is 1. The summed E-state index contributed by atoms with van der Waals surface area (Å²) in [7, 11) is 0. The van der Waals surface area contributed by atoms with Gasteiger partial charge in [0.05, 0.1) is 12.1 Å². The summed E-state index contributed by atoms with van der Waals surface area (Å²) in [6.07, 6.45) is 4.20. The predicted octanol–water partition coefficient (Wildman–Crippen LogP) is 3.01. The van der Waals surface area contributed by atoms with Crippen LogP contribution < -0.4 is 5.32 Å². The Morgan fingerprint density at radius 3 is 2.80 bits per heavy atom. The molecule has 1 aliphatic rings. The number of aliphatic hydroxyl groups is 1. The minimum atomic E-state index is -0.184. The zero-order valence-corrected chi connectivity index (χ0v) is 10.8. The number of halogens is 1. The van der Waals surface area contributed by atoms with E-state index >= 15 is 0 Å². The lowest BCUT2D eigenvalue weighted by atomic mass is 9.92. The first kappa shape index (κ1) is 11.2. The molecular weight excluding hydrogens is 301 g/mol. The number of rotatable bonds is 2. The molecule has 0 radical (unpaired) electrons. The summed E-state index contributed by atoms with van der Waals surface area (Å²) >= 11 is 2.30. The third-order valence-electron chi connectivity index (χ3n) is 2.91. The second kappa shape index (κ2) is 5.16. The van der Waals surface area contributed by atoms with Crippen molar-refractivity contribution < 1.29 is 5.11 Å². The molecule has 0 spiro atoms. The molecule has 0 aromatic heterocycles. The molecule has 0 aliphatic heterocycles. The van der Waals surface area contributed by atoms with Crippen LogP contribution in [0.25, 0.3) is 0 Å². The predicted molar refractivity (Wildman–Crippen MR) is 71.0 cm³/mol. The van der Waals surface area contributed by atoms with Gasteiger partial charge in [-0.2, -0.15) is 0 Å². The summed E-state index contributed by atoms with van der Waals surface area (Å²) in [5, 5.41) is 13.3. The Kier molecular flexibility index (Phi) is 3.86. The van der Waals surface area contributed by atoms with Crippen molar-refractivity contribution in [2.45, 2.75) is 37.8 Å². The van der Waals surface area contributed by atoms with Crippen molar-refractivity contribution in [3.05, 3.63) is 27.8 Å². The zero-order chi connectivity index (χ0) is 10.7. The quantitative estimate of drug-likeness (QED) is 0.822. The van der Waals surface area contributed by atoms with Crippen molar-refractivity contribution in [3.8, 4) is 0 Å². The molecule has 0 heterocycles. The molecule has 0 amide bonds. The minimum Gasteiger partial charge on any atom is -0.391 e. The Labute approximate surface area is 104 Å². The Hall–Kier alpha value is -0.290. The fourth-order valence-electron chi connectivity index (χ4n) is 2.07. The maximum atomic E-state index is 9.84. The summed E-state index contributed by atoms with van der Waals surface area (Å²) in [6.45, 7) is 0. The highest BCUT2D eigenvalue weighted by Crippen LogP contribution is 2.22. The lowest BCUT2D eigenvalue weighted by Gasteiger charge is -2.29. The maximum absolute atomic E-state index is 9.84. The zero-order valence-electron chi connectivity index (χ0n) is 8.62. The SMILES string of the molecule is O[C@H]1CCCC[C@H]1Nc1cccc(I)c1. The first-order valence-corrected chi connectivity index (χ1v) is 6.54. The fraction of sp³-hybridized carbons (Fsp3) is 0.500. The molecule has 1 saturated carbocycles. The first-order chi connectivity index (χ1) is 7.25. The highest BCUT2D eigenvalue weighted by molar-refractivity contribution is 14.1. The van der Waals surface area contributed by atoms with Crippen LogP contribution in [-0.4, -0.2) is 17.3 Å². The van der Waals surface area contributed by atoms with Gasteiger partial charge < -0.3 is 10.4 Å². The fourth-order valence-corrected chi connectivity index (χ4v) is 2.62. The largest absolute Gasteiger partial charge is 0.391 e. The summed E-state index contributed by atoms with van der Waals surface area (Å²) in [6, 6.07) is 8.52. The average Bonchev–Trinajstić information content (AvgIpc) is 2.22. The van der Waals surface area contributed by atoms with Gasteiger partial charge in [0.2, 0.25) is 0 Å². The number of hydrogen-bond acceptors (Lipinski definition) is 2. The van der Waals surface area contributed by atoms with E-state index < -0.39 is 0 Å². The standard InChI is InChI=1S/C12H16INO/c13-9-4-3-5-10(8-9)14-11-6-1-2-7-12(11)15/h3-5,8,11-12,14-15H,1-2,6-7H2/t11-,12+/m1/s1. The summed E-state index contributed by atoms with van der Waals surface area (Å²) in [4.78, 5) is 0. The van der Waals surface area contributed by atoms with Crippen molar-refractivity contribution >= 4 is 28.3 Å². The van der Waals surface area contributed by atoms with Gasteiger partial charge in [-0.1, -0.05) is 18.9 Å². The van der Waals surface area contributed by atoms with Crippen LogP contribution in [0.15, 0.2) is 24.3 Å². The minimum absolute atomic E-state index is 0.184. The molecule has 3 heteroatoms. The van der Waals surface area contributed by atoms with Crippen LogP contribution in [0.2, 0.25) is 0 Å². The van der Waals surface area contributed by atoms with Crippen LogP contribution in [0.1, 0.15) is 25.7 Å². The number of anilines is 1. The van der Waals surface area contributed by atoms with Crippen LogP contribution >= 0.6 is 22.6 Å². The van der Waals surface area contributed by atoms with E-state index in [2.05, 4.69) is 46.1 Å². The van der Waals surface area contributed by atoms with Crippen molar-refractivity contribution in [1.29, 1.82) is 0 Å². The second-order valence-corrected chi connectivity index (χ2v) is 5.36. The van der Waals surface area contributed by atoms with Crippen LogP contribution in [0, 0.1) is 3.57 Å². The Balaban J connectivity index is 2.01. The third-order valence-corrected chi connectivity index (χ3v) is 3.58. The Bertz CT molecular complexity index is 329. The van der Waals surface area contributed by atoms with Gasteiger partial charge in [-0.15, -0.1) is 0 Å².